The number of halogens is 1. The molecule has 1 aliphatic rings. The summed E-state index contributed by atoms with van der Waals surface area (Å²) in [7, 11) is 0. The molecule has 0 saturated carbocycles. The maximum absolute atomic E-state index is 12.5. The number of rotatable bonds is 3. The van der Waals surface area contributed by atoms with E-state index in [2.05, 4.69) is 4.98 Å². The van der Waals surface area contributed by atoms with Crippen LogP contribution in [0.5, 0.6) is 5.75 Å². The Balaban J connectivity index is 1.57. The van der Waals surface area contributed by atoms with Crippen molar-refractivity contribution in [2.24, 2.45) is 0 Å². The van der Waals surface area contributed by atoms with Gasteiger partial charge in [0.2, 0.25) is 0 Å². The van der Waals surface area contributed by atoms with Crippen LogP contribution in [0.3, 0.4) is 0 Å². The molecule has 1 aliphatic heterocycles. The maximum Gasteiger partial charge on any atom is 0.272 e. The molecule has 23 heavy (non-hydrogen) atoms. The Morgan fingerprint density at radius 3 is 2.57 bits per heavy atom. The molecule has 0 unspecified atom stereocenters. The highest BCUT2D eigenvalue weighted by Crippen LogP contribution is 2.22. The molecule has 5 heteroatoms. The summed E-state index contributed by atoms with van der Waals surface area (Å²) in [6, 6.07) is 11.1. The average molecular weight is 331 g/mol. The molecule has 0 radical (unpaired) electrons. The predicted octanol–water partition coefficient (Wildman–Crippen LogP) is 3.73. The number of carbonyl (C=O) groups is 1. The Kier molecular flexibility index (Phi) is 4.82. The molecule has 1 aromatic carbocycles. The fourth-order valence-electron chi connectivity index (χ4n) is 2.74. The molecule has 120 valence electrons. The van der Waals surface area contributed by atoms with Crippen molar-refractivity contribution in [2.75, 3.05) is 13.1 Å². The average Bonchev–Trinajstić information content (AvgIpc) is 2.57. The van der Waals surface area contributed by atoms with Gasteiger partial charge in [0, 0.05) is 37.2 Å². The van der Waals surface area contributed by atoms with Gasteiger partial charge in [-0.3, -0.25) is 9.78 Å². The van der Waals surface area contributed by atoms with Crippen LogP contribution in [0, 0.1) is 6.92 Å². The molecule has 1 amide bonds. The lowest BCUT2D eigenvalue weighted by molar-refractivity contribution is 0.0589. The SMILES string of the molecule is Cc1cccnc1C(=O)N1CCC(Oc2ccc(Cl)cc2)CC1. The van der Waals surface area contributed by atoms with Gasteiger partial charge in [0.1, 0.15) is 17.5 Å². The lowest BCUT2D eigenvalue weighted by Gasteiger charge is -2.32. The lowest BCUT2D eigenvalue weighted by atomic mass is 10.1. The van der Waals surface area contributed by atoms with Crippen LogP contribution in [0.1, 0.15) is 28.9 Å². The molecule has 2 heterocycles. The number of nitrogens with zero attached hydrogens (tertiary/aromatic N) is 2. The van der Waals surface area contributed by atoms with Crippen LogP contribution in [0.4, 0.5) is 0 Å². The quantitative estimate of drug-likeness (QED) is 0.861. The van der Waals surface area contributed by atoms with Gasteiger partial charge in [0.05, 0.1) is 0 Å². The van der Waals surface area contributed by atoms with Crippen molar-refractivity contribution in [1.82, 2.24) is 9.88 Å². The molecule has 0 N–H and O–H groups in total. The lowest BCUT2D eigenvalue weighted by Crippen LogP contribution is -2.42. The monoisotopic (exact) mass is 330 g/mol. The minimum Gasteiger partial charge on any atom is -0.490 e. The highest BCUT2D eigenvalue weighted by atomic mass is 35.5. The Hall–Kier alpha value is -2.07. The van der Waals surface area contributed by atoms with Gasteiger partial charge >= 0.3 is 0 Å². The Morgan fingerprint density at radius 2 is 1.91 bits per heavy atom. The van der Waals surface area contributed by atoms with Gasteiger partial charge in [-0.2, -0.15) is 0 Å². The Labute approximate surface area is 141 Å². The van der Waals surface area contributed by atoms with Crippen molar-refractivity contribution < 1.29 is 9.53 Å². The van der Waals surface area contributed by atoms with Crippen molar-refractivity contribution in [3.8, 4) is 5.75 Å². The molecule has 3 rings (SSSR count). The summed E-state index contributed by atoms with van der Waals surface area (Å²) in [5.74, 6) is 0.827. The number of aromatic nitrogens is 1. The summed E-state index contributed by atoms with van der Waals surface area (Å²) in [6.45, 7) is 3.29. The molecule has 0 bridgehead atoms. The van der Waals surface area contributed by atoms with E-state index >= 15 is 0 Å². The molecule has 4 nitrogen and oxygen atoms in total. The summed E-state index contributed by atoms with van der Waals surface area (Å²) in [5, 5.41) is 0.698. The van der Waals surface area contributed by atoms with Crippen molar-refractivity contribution in [1.29, 1.82) is 0 Å². The second-order valence-corrected chi connectivity index (χ2v) is 6.17. The summed E-state index contributed by atoms with van der Waals surface area (Å²) in [4.78, 5) is 18.6. The van der Waals surface area contributed by atoms with E-state index in [1.54, 1.807) is 6.20 Å². The van der Waals surface area contributed by atoms with Crippen LogP contribution in [0.25, 0.3) is 0 Å². The molecule has 0 aliphatic carbocycles. The molecular weight excluding hydrogens is 312 g/mol. The smallest absolute Gasteiger partial charge is 0.272 e. The predicted molar refractivity (Wildman–Crippen MR) is 90.0 cm³/mol. The fraction of sp³-hybridized carbons (Fsp3) is 0.333. The minimum atomic E-state index is 0.00745. The number of likely N-dealkylation sites (tertiary alicyclic amines) is 1. The van der Waals surface area contributed by atoms with E-state index in [1.165, 1.54) is 0 Å². The highest BCUT2D eigenvalue weighted by Gasteiger charge is 2.26. The van der Waals surface area contributed by atoms with Gasteiger partial charge in [-0.25, -0.2) is 0 Å². The van der Waals surface area contributed by atoms with E-state index in [0.717, 1.165) is 24.2 Å². The zero-order valence-corrected chi connectivity index (χ0v) is 13.8. The summed E-state index contributed by atoms with van der Waals surface area (Å²) in [6.07, 6.45) is 3.43. The molecule has 0 atom stereocenters. The van der Waals surface area contributed by atoms with Gasteiger partial charge in [-0.15, -0.1) is 0 Å². The largest absolute Gasteiger partial charge is 0.490 e. The first kappa shape index (κ1) is 15.8. The van der Waals surface area contributed by atoms with Crippen LogP contribution in [0.2, 0.25) is 5.02 Å². The zero-order chi connectivity index (χ0) is 16.2. The van der Waals surface area contributed by atoms with E-state index in [-0.39, 0.29) is 12.0 Å². The van der Waals surface area contributed by atoms with Crippen molar-refractivity contribution in [2.45, 2.75) is 25.9 Å². The number of benzene rings is 1. The van der Waals surface area contributed by atoms with E-state index in [1.807, 2.05) is 48.2 Å². The minimum absolute atomic E-state index is 0.00745. The normalized spacial score (nSPS) is 15.5. The van der Waals surface area contributed by atoms with Crippen molar-refractivity contribution in [3.05, 3.63) is 58.9 Å². The number of hydrogen-bond donors (Lipinski definition) is 0. The van der Waals surface area contributed by atoms with Crippen LogP contribution in [-0.4, -0.2) is 35.0 Å². The molecule has 1 fully saturated rings. The highest BCUT2D eigenvalue weighted by molar-refractivity contribution is 6.30. The fourth-order valence-corrected chi connectivity index (χ4v) is 2.87. The number of ether oxygens (including phenoxy) is 1. The van der Waals surface area contributed by atoms with E-state index in [4.69, 9.17) is 16.3 Å². The van der Waals surface area contributed by atoms with Gasteiger partial charge < -0.3 is 9.64 Å². The zero-order valence-electron chi connectivity index (χ0n) is 13.0. The summed E-state index contributed by atoms with van der Waals surface area (Å²) < 4.78 is 5.96. The number of amides is 1. The topological polar surface area (TPSA) is 42.4 Å². The molecular formula is C18H19ClN2O2. The number of pyridine rings is 1. The van der Waals surface area contributed by atoms with Crippen molar-refractivity contribution >= 4 is 17.5 Å². The molecule has 1 saturated heterocycles. The van der Waals surface area contributed by atoms with E-state index in [9.17, 15) is 4.79 Å². The summed E-state index contributed by atoms with van der Waals surface area (Å²) >= 11 is 5.87. The van der Waals surface area contributed by atoms with Gasteiger partial charge in [-0.1, -0.05) is 17.7 Å². The second kappa shape index (κ2) is 7.01. The number of aryl methyl sites for hydroxylation is 1. The van der Waals surface area contributed by atoms with Crippen LogP contribution >= 0.6 is 11.6 Å². The first-order valence-corrected chi connectivity index (χ1v) is 8.14. The Morgan fingerprint density at radius 1 is 1.22 bits per heavy atom. The Bertz CT molecular complexity index is 680. The first-order chi connectivity index (χ1) is 11.1. The van der Waals surface area contributed by atoms with Crippen LogP contribution < -0.4 is 4.74 Å². The number of carbonyl (C=O) groups excluding carboxylic acids is 1. The van der Waals surface area contributed by atoms with Gasteiger partial charge in [0.15, 0.2) is 0 Å². The third-order valence-electron chi connectivity index (χ3n) is 4.06. The third-order valence-corrected chi connectivity index (χ3v) is 4.31. The number of piperidine rings is 1. The van der Waals surface area contributed by atoms with Gasteiger partial charge in [-0.05, 0) is 42.8 Å². The van der Waals surface area contributed by atoms with Crippen molar-refractivity contribution in [3.63, 3.8) is 0 Å². The van der Waals surface area contributed by atoms with E-state index in [0.29, 0.717) is 23.8 Å². The second-order valence-electron chi connectivity index (χ2n) is 5.73. The third kappa shape index (κ3) is 3.82. The maximum atomic E-state index is 12.5. The first-order valence-electron chi connectivity index (χ1n) is 7.76. The molecule has 2 aromatic rings. The molecule has 0 spiro atoms. The van der Waals surface area contributed by atoms with Crippen LogP contribution in [0.15, 0.2) is 42.6 Å². The van der Waals surface area contributed by atoms with E-state index < -0.39 is 0 Å². The van der Waals surface area contributed by atoms with Crippen LogP contribution in [-0.2, 0) is 0 Å². The standard InChI is InChI=1S/C18H19ClN2O2/c1-13-3-2-10-20-17(13)18(22)21-11-8-16(9-12-21)23-15-6-4-14(19)5-7-15/h2-7,10,16H,8-9,11-12H2,1H3. The van der Waals surface area contributed by atoms with Gasteiger partial charge in [0.25, 0.3) is 5.91 Å². The summed E-state index contributed by atoms with van der Waals surface area (Å²) in [5.41, 5.74) is 1.46. The molecule has 1 aromatic heterocycles. The number of hydrogen-bond acceptors (Lipinski definition) is 3.